The van der Waals surface area contributed by atoms with Crippen molar-refractivity contribution in [2.45, 2.75) is 12.8 Å². The highest BCUT2D eigenvalue weighted by atomic mass is 32.1. The van der Waals surface area contributed by atoms with E-state index in [2.05, 4.69) is 16.0 Å². The zero-order valence-electron chi connectivity index (χ0n) is 14.7. The topological polar surface area (TPSA) is 75.3 Å². The summed E-state index contributed by atoms with van der Waals surface area (Å²) in [5.41, 5.74) is 2.99. The predicted molar refractivity (Wildman–Crippen MR) is 106 cm³/mol. The molecule has 0 radical (unpaired) electrons. The van der Waals surface area contributed by atoms with Crippen molar-refractivity contribution in [3.63, 3.8) is 0 Å². The van der Waals surface area contributed by atoms with Crippen LogP contribution in [0.1, 0.15) is 28.2 Å². The molecule has 0 saturated carbocycles. The molecule has 6 heteroatoms. The lowest BCUT2D eigenvalue weighted by Crippen LogP contribution is -2.03. The summed E-state index contributed by atoms with van der Waals surface area (Å²) in [6, 6.07) is 18.8. The second kappa shape index (κ2) is 8.88. The van der Waals surface area contributed by atoms with Crippen LogP contribution in [0.3, 0.4) is 0 Å². The van der Waals surface area contributed by atoms with Crippen LogP contribution in [0.15, 0.2) is 65.0 Å². The summed E-state index contributed by atoms with van der Waals surface area (Å²) in [5.74, 6) is -0.892. The minimum atomic E-state index is -0.530. The fourth-order valence-electron chi connectivity index (χ4n) is 2.38. The Bertz CT molecular complexity index is 973. The summed E-state index contributed by atoms with van der Waals surface area (Å²) in [6.45, 7) is 2.10. The molecule has 27 heavy (non-hydrogen) atoms. The molecule has 0 fully saturated rings. The van der Waals surface area contributed by atoms with Crippen LogP contribution in [0.4, 0.5) is 5.69 Å². The van der Waals surface area contributed by atoms with Crippen molar-refractivity contribution < 1.29 is 9.53 Å². The number of nitrogens with zero attached hydrogens (tertiary/aromatic N) is 3. The highest BCUT2D eigenvalue weighted by Crippen LogP contribution is 2.26. The molecule has 0 aliphatic rings. The number of hydrogen-bond donors (Lipinski definition) is 0. The van der Waals surface area contributed by atoms with Crippen LogP contribution in [0, 0.1) is 11.3 Å². The van der Waals surface area contributed by atoms with E-state index in [1.807, 2.05) is 35.7 Å². The van der Waals surface area contributed by atoms with E-state index >= 15 is 0 Å². The first-order valence-corrected chi connectivity index (χ1v) is 9.31. The molecule has 0 saturated heterocycles. The Morgan fingerprint density at radius 1 is 1.26 bits per heavy atom. The third-order valence-corrected chi connectivity index (χ3v) is 4.68. The molecule has 1 atom stereocenters. The Kier molecular flexibility index (Phi) is 6.08. The van der Waals surface area contributed by atoms with Crippen molar-refractivity contribution in [2.24, 2.45) is 4.99 Å². The lowest BCUT2D eigenvalue weighted by Gasteiger charge is -2.02. The number of benzene rings is 2. The first kappa shape index (κ1) is 18.5. The van der Waals surface area contributed by atoms with E-state index in [9.17, 15) is 10.1 Å². The SMILES string of the molecule is CCOC(=O)c1ccc(N=CC(C#N)c2nc(-c3ccccc3)cs2)cc1. The normalized spacial score (nSPS) is 11.9. The number of aliphatic imine (C=N–C) groups is 1. The maximum absolute atomic E-state index is 11.7. The van der Waals surface area contributed by atoms with Gasteiger partial charge < -0.3 is 4.74 Å². The highest BCUT2D eigenvalue weighted by molar-refractivity contribution is 7.10. The Morgan fingerprint density at radius 3 is 2.67 bits per heavy atom. The van der Waals surface area contributed by atoms with Crippen LogP contribution in [-0.4, -0.2) is 23.8 Å². The van der Waals surface area contributed by atoms with Crippen molar-refractivity contribution in [2.75, 3.05) is 6.61 Å². The van der Waals surface area contributed by atoms with Crippen molar-refractivity contribution in [3.05, 3.63) is 70.5 Å². The van der Waals surface area contributed by atoms with Crippen molar-refractivity contribution in [1.29, 1.82) is 5.26 Å². The lowest BCUT2D eigenvalue weighted by atomic mass is 10.1. The van der Waals surface area contributed by atoms with Gasteiger partial charge in [0.25, 0.3) is 0 Å². The largest absolute Gasteiger partial charge is 0.462 e. The van der Waals surface area contributed by atoms with Crippen LogP contribution in [-0.2, 0) is 4.74 Å². The zero-order valence-corrected chi connectivity index (χ0v) is 15.5. The van der Waals surface area contributed by atoms with Crippen LogP contribution < -0.4 is 0 Å². The van der Waals surface area contributed by atoms with Gasteiger partial charge in [-0.3, -0.25) is 4.99 Å². The van der Waals surface area contributed by atoms with Crippen molar-refractivity contribution >= 4 is 29.2 Å². The van der Waals surface area contributed by atoms with Gasteiger partial charge in [-0.05, 0) is 31.2 Å². The molecule has 0 amide bonds. The summed E-state index contributed by atoms with van der Waals surface area (Å²) in [5, 5.41) is 12.1. The number of aromatic nitrogens is 1. The van der Waals surface area contributed by atoms with Crippen LogP contribution >= 0.6 is 11.3 Å². The molecule has 0 bridgehead atoms. The number of ether oxygens (including phenoxy) is 1. The summed E-state index contributed by atoms with van der Waals surface area (Å²) < 4.78 is 4.95. The average Bonchev–Trinajstić information content (AvgIpc) is 3.20. The highest BCUT2D eigenvalue weighted by Gasteiger charge is 2.14. The molecular weight excluding hydrogens is 358 g/mol. The number of hydrogen-bond acceptors (Lipinski definition) is 6. The molecule has 0 aliphatic heterocycles. The van der Waals surface area contributed by atoms with Crippen molar-refractivity contribution in [3.8, 4) is 17.3 Å². The van der Waals surface area contributed by atoms with Gasteiger partial charge in [0.1, 0.15) is 10.9 Å². The van der Waals surface area contributed by atoms with E-state index in [0.717, 1.165) is 11.3 Å². The van der Waals surface area contributed by atoms with E-state index in [1.54, 1.807) is 37.4 Å². The first-order valence-electron chi connectivity index (χ1n) is 8.43. The number of thiazole rings is 1. The molecule has 5 nitrogen and oxygen atoms in total. The van der Waals surface area contributed by atoms with Gasteiger partial charge in [0, 0.05) is 17.2 Å². The second-order valence-electron chi connectivity index (χ2n) is 5.59. The first-order chi connectivity index (χ1) is 13.2. The van der Waals surface area contributed by atoms with Gasteiger partial charge in [-0.15, -0.1) is 11.3 Å². The maximum Gasteiger partial charge on any atom is 0.338 e. The fourth-order valence-corrected chi connectivity index (χ4v) is 3.22. The number of esters is 1. The Labute approximate surface area is 161 Å². The van der Waals surface area contributed by atoms with Gasteiger partial charge in [-0.25, -0.2) is 9.78 Å². The number of carbonyl (C=O) groups is 1. The van der Waals surface area contributed by atoms with E-state index in [-0.39, 0.29) is 5.97 Å². The smallest absolute Gasteiger partial charge is 0.338 e. The fraction of sp³-hybridized carbons (Fsp3) is 0.143. The van der Waals surface area contributed by atoms with Crippen LogP contribution in [0.2, 0.25) is 0 Å². The van der Waals surface area contributed by atoms with Gasteiger partial charge in [-0.1, -0.05) is 30.3 Å². The van der Waals surface area contributed by atoms with Gasteiger partial charge in [0.15, 0.2) is 0 Å². The minimum Gasteiger partial charge on any atom is -0.462 e. The second-order valence-corrected chi connectivity index (χ2v) is 6.48. The molecule has 1 aromatic heterocycles. The predicted octanol–water partition coefficient (Wildman–Crippen LogP) is 5.00. The van der Waals surface area contributed by atoms with Crippen LogP contribution in [0.5, 0.6) is 0 Å². The quantitative estimate of drug-likeness (QED) is 0.449. The molecule has 1 heterocycles. The summed E-state index contributed by atoms with van der Waals surface area (Å²) >= 11 is 1.44. The maximum atomic E-state index is 11.7. The molecule has 0 spiro atoms. The third-order valence-electron chi connectivity index (χ3n) is 3.75. The van der Waals surface area contributed by atoms with Crippen molar-refractivity contribution in [1.82, 2.24) is 4.98 Å². The summed E-state index contributed by atoms with van der Waals surface area (Å²) in [4.78, 5) is 20.6. The molecule has 3 rings (SSSR count). The van der Waals surface area contributed by atoms with Gasteiger partial charge in [-0.2, -0.15) is 5.26 Å². The lowest BCUT2D eigenvalue weighted by molar-refractivity contribution is 0.0526. The average molecular weight is 375 g/mol. The van der Waals surface area contributed by atoms with Crippen LogP contribution in [0.25, 0.3) is 11.3 Å². The molecule has 134 valence electrons. The molecular formula is C21H17N3O2S. The molecule has 0 N–H and O–H groups in total. The van der Waals surface area contributed by atoms with Gasteiger partial charge in [0.05, 0.1) is 29.6 Å². The molecule has 0 aliphatic carbocycles. The Morgan fingerprint density at radius 2 is 2.00 bits per heavy atom. The number of nitriles is 1. The summed E-state index contributed by atoms with van der Waals surface area (Å²) in [7, 11) is 0. The van der Waals surface area contributed by atoms with Gasteiger partial charge in [0.2, 0.25) is 0 Å². The Hall–Kier alpha value is -3.30. The summed E-state index contributed by atoms with van der Waals surface area (Å²) in [6.07, 6.45) is 1.58. The molecule has 3 aromatic rings. The molecule has 2 aromatic carbocycles. The van der Waals surface area contributed by atoms with E-state index < -0.39 is 5.92 Å². The zero-order chi connectivity index (χ0) is 19.1. The minimum absolute atomic E-state index is 0.335. The van der Waals surface area contributed by atoms with E-state index in [0.29, 0.717) is 22.9 Å². The molecule has 1 unspecified atom stereocenters. The Balaban J connectivity index is 1.73. The monoisotopic (exact) mass is 375 g/mol. The van der Waals surface area contributed by atoms with E-state index in [4.69, 9.17) is 4.74 Å². The standard InChI is InChI=1S/C21H17N3O2S/c1-2-26-21(25)16-8-10-18(11-9-16)23-13-17(12-22)20-24-19(14-27-20)15-6-4-3-5-7-15/h3-11,13-14,17H,2H2,1H3. The third kappa shape index (κ3) is 4.66. The van der Waals surface area contributed by atoms with E-state index in [1.165, 1.54) is 11.3 Å². The number of carbonyl (C=O) groups excluding carboxylic acids is 1. The number of rotatable bonds is 6. The van der Waals surface area contributed by atoms with Gasteiger partial charge >= 0.3 is 5.97 Å².